The van der Waals surface area contributed by atoms with Gasteiger partial charge in [-0.3, -0.25) is 4.79 Å². The van der Waals surface area contributed by atoms with E-state index in [0.29, 0.717) is 0 Å². The lowest BCUT2D eigenvalue weighted by atomic mass is 9.94. The Morgan fingerprint density at radius 2 is 0.977 bits per heavy atom. The van der Waals surface area contributed by atoms with Gasteiger partial charge in [-0.2, -0.15) is 10.5 Å². The molecule has 6 rings (SSSR count). The van der Waals surface area contributed by atoms with Gasteiger partial charge in [-0.15, -0.1) is 0 Å². The highest BCUT2D eigenvalue weighted by Gasteiger charge is 2.21. The first-order valence-electron chi connectivity index (χ1n) is 13.4. The van der Waals surface area contributed by atoms with Crippen molar-refractivity contribution >= 4 is 5.78 Å². The van der Waals surface area contributed by atoms with Gasteiger partial charge in [0.15, 0.2) is 11.6 Å². The molecule has 0 radical (unpaired) electrons. The van der Waals surface area contributed by atoms with Gasteiger partial charge in [0.25, 0.3) is 0 Å². The van der Waals surface area contributed by atoms with Gasteiger partial charge in [0, 0.05) is 16.7 Å². The van der Waals surface area contributed by atoms with E-state index in [9.17, 15) is 24.1 Å². The summed E-state index contributed by atoms with van der Waals surface area (Å²) in [6, 6.07) is 35.5. The van der Waals surface area contributed by atoms with Gasteiger partial charge < -0.3 is 0 Å². The van der Waals surface area contributed by atoms with Crippen molar-refractivity contribution in [3.63, 3.8) is 0 Å². The van der Waals surface area contributed by atoms with Crippen LogP contribution in [0.4, 0.5) is 8.78 Å². The molecule has 0 N–H and O–H groups in total. The van der Waals surface area contributed by atoms with Crippen LogP contribution in [0.5, 0.6) is 0 Å². The van der Waals surface area contributed by atoms with E-state index in [2.05, 4.69) is 15.0 Å². The maximum Gasteiger partial charge on any atom is 0.230 e. The van der Waals surface area contributed by atoms with Crippen molar-refractivity contribution < 1.29 is 13.6 Å². The fourth-order valence-electron chi connectivity index (χ4n) is 4.78. The molecule has 0 unspecified atom stereocenters. The Morgan fingerprint density at radius 3 is 1.41 bits per heavy atom. The van der Waals surface area contributed by atoms with Crippen LogP contribution in [0.15, 0.2) is 115 Å². The van der Waals surface area contributed by atoms with E-state index in [-0.39, 0.29) is 45.3 Å². The maximum atomic E-state index is 14.4. The Hall–Kier alpha value is -6.38. The molecule has 0 fully saturated rings. The van der Waals surface area contributed by atoms with Crippen molar-refractivity contribution in [3.8, 4) is 57.2 Å². The molecule has 0 atom stereocenters. The minimum atomic E-state index is -0.700. The van der Waals surface area contributed by atoms with Crippen LogP contribution in [0.2, 0.25) is 0 Å². The predicted octanol–water partition coefficient (Wildman–Crippen LogP) is 7.79. The van der Waals surface area contributed by atoms with Gasteiger partial charge in [-0.25, -0.2) is 23.7 Å². The molecule has 6 aromatic rings. The quantitative estimate of drug-likeness (QED) is 0.188. The van der Waals surface area contributed by atoms with Gasteiger partial charge in [0.2, 0.25) is 11.6 Å². The van der Waals surface area contributed by atoms with Crippen LogP contribution >= 0.6 is 0 Å². The first-order chi connectivity index (χ1) is 21.4. The molecule has 44 heavy (non-hydrogen) atoms. The maximum absolute atomic E-state index is 14.4. The number of hydrogen-bond donors (Lipinski definition) is 0. The molecule has 0 saturated heterocycles. The Balaban J connectivity index is 1.56. The second-order valence-corrected chi connectivity index (χ2v) is 9.85. The molecule has 208 valence electrons. The van der Waals surface area contributed by atoms with Crippen LogP contribution in [0, 0.1) is 34.3 Å². The van der Waals surface area contributed by atoms with Gasteiger partial charge in [-0.1, -0.05) is 60.7 Å². The standard InChI is InChI=1S/C36H19F2N5O/c37-31-13-22(20-39)11-29(18-31)34-41-35(30-12-23(21-40)14-32(38)19-30)43-36(42-34)33(44)28-16-26(24-7-3-1-4-8-24)15-27(17-28)25-9-5-2-6-10-25/h1-19H. The summed E-state index contributed by atoms with van der Waals surface area (Å²) in [6.45, 7) is 0. The van der Waals surface area contributed by atoms with Crippen LogP contribution in [0.25, 0.3) is 45.0 Å². The summed E-state index contributed by atoms with van der Waals surface area (Å²) in [4.78, 5) is 27.3. The molecule has 1 aromatic heterocycles. The van der Waals surface area contributed by atoms with Crippen LogP contribution in [-0.2, 0) is 0 Å². The Bertz CT molecular complexity index is 2000. The lowest BCUT2D eigenvalue weighted by Crippen LogP contribution is -2.11. The minimum Gasteiger partial charge on any atom is -0.285 e. The average molecular weight is 576 g/mol. The monoisotopic (exact) mass is 575 g/mol. The molecule has 6 nitrogen and oxygen atoms in total. The van der Waals surface area contributed by atoms with Crippen LogP contribution in [-0.4, -0.2) is 20.7 Å². The predicted molar refractivity (Wildman–Crippen MR) is 161 cm³/mol. The van der Waals surface area contributed by atoms with E-state index < -0.39 is 17.4 Å². The smallest absolute Gasteiger partial charge is 0.230 e. The Kier molecular flexibility index (Phi) is 7.48. The second kappa shape index (κ2) is 11.8. The van der Waals surface area contributed by atoms with Crippen molar-refractivity contribution in [3.05, 3.63) is 149 Å². The number of benzene rings is 5. The number of rotatable bonds is 6. The summed E-state index contributed by atoms with van der Waals surface area (Å²) in [7, 11) is 0. The SMILES string of the molecule is N#Cc1cc(F)cc(-c2nc(C(=O)c3cc(-c4ccccc4)cc(-c4ccccc4)c3)nc(-c3cc(F)cc(C#N)c3)n2)c1. The molecule has 8 heteroatoms. The van der Waals surface area contributed by atoms with Crippen molar-refractivity contribution in [2.75, 3.05) is 0 Å². The zero-order valence-electron chi connectivity index (χ0n) is 22.9. The van der Waals surface area contributed by atoms with Gasteiger partial charge >= 0.3 is 0 Å². The van der Waals surface area contributed by atoms with Crippen LogP contribution in [0.1, 0.15) is 27.3 Å². The third kappa shape index (κ3) is 5.82. The second-order valence-electron chi connectivity index (χ2n) is 9.85. The third-order valence-electron chi connectivity index (χ3n) is 6.82. The largest absolute Gasteiger partial charge is 0.285 e. The van der Waals surface area contributed by atoms with Gasteiger partial charge in [-0.05, 0) is 76.9 Å². The molecule has 0 bridgehead atoms. The molecular weight excluding hydrogens is 556 g/mol. The number of aromatic nitrogens is 3. The highest BCUT2D eigenvalue weighted by molar-refractivity contribution is 6.08. The van der Waals surface area contributed by atoms with Crippen LogP contribution in [0.3, 0.4) is 0 Å². The summed E-state index contributed by atoms with van der Waals surface area (Å²) in [5.41, 5.74) is 3.94. The highest BCUT2D eigenvalue weighted by Crippen LogP contribution is 2.30. The lowest BCUT2D eigenvalue weighted by molar-refractivity contribution is 0.102. The fraction of sp³-hybridized carbons (Fsp3) is 0. The minimum absolute atomic E-state index is 0.0235. The van der Waals surface area contributed by atoms with E-state index in [0.717, 1.165) is 46.5 Å². The average Bonchev–Trinajstić information content (AvgIpc) is 3.07. The normalized spacial score (nSPS) is 10.5. The zero-order valence-corrected chi connectivity index (χ0v) is 22.9. The van der Waals surface area contributed by atoms with Gasteiger partial charge in [0.1, 0.15) is 11.6 Å². The summed E-state index contributed by atoms with van der Waals surface area (Å²) in [5.74, 6) is -2.43. The third-order valence-corrected chi connectivity index (χ3v) is 6.82. The molecule has 0 saturated carbocycles. The number of nitrogens with zero attached hydrogens (tertiary/aromatic N) is 5. The van der Waals surface area contributed by atoms with Gasteiger partial charge in [0.05, 0.1) is 23.3 Å². The zero-order chi connectivity index (χ0) is 30.6. The lowest BCUT2D eigenvalue weighted by Gasteiger charge is -2.12. The molecule has 0 amide bonds. The molecule has 0 aliphatic carbocycles. The molecule has 5 aromatic carbocycles. The van der Waals surface area contributed by atoms with E-state index in [4.69, 9.17) is 0 Å². The number of nitriles is 2. The van der Waals surface area contributed by atoms with Crippen LogP contribution < -0.4 is 0 Å². The highest BCUT2D eigenvalue weighted by atomic mass is 19.1. The van der Waals surface area contributed by atoms with Crippen molar-refractivity contribution in [2.24, 2.45) is 0 Å². The summed E-state index contributed by atoms with van der Waals surface area (Å²) >= 11 is 0. The van der Waals surface area contributed by atoms with E-state index in [1.165, 1.54) is 12.1 Å². The summed E-state index contributed by atoms with van der Waals surface area (Å²) < 4.78 is 28.9. The van der Waals surface area contributed by atoms with Crippen molar-refractivity contribution in [1.29, 1.82) is 10.5 Å². The fourth-order valence-corrected chi connectivity index (χ4v) is 4.78. The molecule has 1 heterocycles. The summed E-state index contributed by atoms with van der Waals surface area (Å²) in [5, 5.41) is 18.8. The number of halogens is 2. The van der Waals surface area contributed by atoms with E-state index >= 15 is 0 Å². The van der Waals surface area contributed by atoms with E-state index in [1.54, 1.807) is 12.1 Å². The molecule has 0 spiro atoms. The number of hydrogen-bond acceptors (Lipinski definition) is 6. The number of carbonyl (C=O) groups excluding carboxylic acids is 1. The van der Waals surface area contributed by atoms with Crippen molar-refractivity contribution in [1.82, 2.24) is 15.0 Å². The number of carbonyl (C=O) groups is 1. The molecule has 0 aliphatic rings. The van der Waals surface area contributed by atoms with Crippen molar-refractivity contribution in [2.45, 2.75) is 0 Å². The molecule has 0 aliphatic heterocycles. The van der Waals surface area contributed by atoms with E-state index in [1.807, 2.05) is 78.9 Å². The number of ketones is 1. The summed E-state index contributed by atoms with van der Waals surface area (Å²) in [6.07, 6.45) is 0. The Labute approximate surface area is 251 Å². The Morgan fingerprint density at radius 1 is 0.523 bits per heavy atom. The first kappa shape index (κ1) is 27.8. The molecular formula is C36H19F2N5O. The first-order valence-corrected chi connectivity index (χ1v) is 13.4. The topological polar surface area (TPSA) is 103 Å².